The van der Waals surface area contributed by atoms with Gasteiger partial charge in [-0.3, -0.25) is 9.59 Å². The number of hydrogen-bond acceptors (Lipinski definition) is 4. The van der Waals surface area contributed by atoms with E-state index in [2.05, 4.69) is 24.3 Å². The molecule has 1 aromatic carbocycles. The summed E-state index contributed by atoms with van der Waals surface area (Å²) in [7, 11) is 0. The Morgan fingerprint density at radius 3 is 2.48 bits per heavy atom. The number of hydrogen-bond donors (Lipinski definition) is 1. The van der Waals surface area contributed by atoms with Gasteiger partial charge >= 0.3 is 0 Å². The highest BCUT2D eigenvalue weighted by atomic mass is 16.5. The van der Waals surface area contributed by atoms with Crippen LogP contribution >= 0.6 is 0 Å². The van der Waals surface area contributed by atoms with Gasteiger partial charge in [-0.05, 0) is 43.5 Å². The van der Waals surface area contributed by atoms with Crippen LogP contribution < -0.4 is 15.6 Å². The van der Waals surface area contributed by atoms with Crippen LogP contribution in [0.1, 0.15) is 38.1 Å². The standard InChI is InChI=1S/C19H25N3O3/c1-13(2)12-25-17-8-6-16(7-9-17)15(4)20-18(23)11-22-19(24)10-5-14(3)21-22/h5-10,13,15H,11-12H2,1-4H3,(H,20,23)/t15-/m1/s1. The van der Waals surface area contributed by atoms with Gasteiger partial charge < -0.3 is 10.1 Å². The number of benzene rings is 1. The second-order valence-electron chi connectivity index (χ2n) is 6.53. The largest absolute Gasteiger partial charge is 0.493 e. The molecule has 0 fully saturated rings. The van der Waals surface area contributed by atoms with E-state index in [4.69, 9.17) is 4.74 Å². The molecule has 1 amide bonds. The molecule has 0 bridgehead atoms. The van der Waals surface area contributed by atoms with Gasteiger partial charge in [-0.25, -0.2) is 4.68 Å². The van der Waals surface area contributed by atoms with Crippen molar-refractivity contribution >= 4 is 5.91 Å². The number of rotatable bonds is 7. The van der Waals surface area contributed by atoms with Gasteiger partial charge in [-0.15, -0.1) is 0 Å². The van der Waals surface area contributed by atoms with Crippen LogP contribution in [0.5, 0.6) is 5.75 Å². The van der Waals surface area contributed by atoms with E-state index in [1.807, 2.05) is 31.2 Å². The molecule has 2 rings (SSSR count). The van der Waals surface area contributed by atoms with Gasteiger partial charge in [0.05, 0.1) is 18.3 Å². The normalized spacial score (nSPS) is 12.0. The molecular weight excluding hydrogens is 318 g/mol. The Morgan fingerprint density at radius 1 is 1.16 bits per heavy atom. The molecule has 6 heteroatoms. The molecule has 0 unspecified atom stereocenters. The second-order valence-corrected chi connectivity index (χ2v) is 6.53. The van der Waals surface area contributed by atoms with Gasteiger partial charge in [0.15, 0.2) is 0 Å². The fraction of sp³-hybridized carbons (Fsp3) is 0.421. The summed E-state index contributed by atoms with van der Waals surface area (Å²) in [6, 6.07) is 10.5. The molecule has 0 radical (unpaired) electrons. The van der Waals surface area contributed by atoms with Crippen molar-refractivity contribution < 1.29 is 9.53 Å². The van der Waals surface area contributed by atoms with Crippen molar-refractivity contribution in [2.75, 3.05) is 6.61 Å². The number of amides is 1. The fourth-order valence-corrected chi connectivity index (χ4v) is 2.29. The minimum Gasteiger partial charge on any atom is -0.493 e. The second kappa shape index (κ2) is 8.46. The summed E-state index contributed by atoms with van der Waals surface area (Å²) in [5.74, 6) is 1.02. The quantitative estimate of drug-likeness (QED) is 0.838. The van der Waals surface area contributed by atoms with Crippen LogP contribution in [0.15, 0.2) is 41.2 Å². The third-order valence-electron chi connectivity index (χ3n) is 3.63. The van der Waals surface area contributed by atoms with Crippen LogP contribution in [0.3, 0.4) is 0 Å². The van der Waals surface area contributed by atoms with Gasteiger partial charge in [0.25, 0.3) is 5.56 Å². The number of nitrogens with one attached hydrogen (secondary N) is 1. The van der Waals surface area contributed by atoms with Gasteiger partial charge in [-0.2, -0.15) is 5.10 Å². The summed E-state index contributed by atoms with van der Waals surface area (Å²) in [6.07, 6.45) is 0. The minimum atomic E-state index is -0.292. The van der Waals surface area contributed by atoms with Crippen molar-refractivity contribution in [2.24, 2.45) is 5.92 Å². The van der Waals surface area contributed by atoms with E-state index in [1.165, 1.54) is 10.7 Å². The number of carbonyl (C=O) groups excluding carboxylic acids is 1. The monoisotopic (exact) mass is 343 g/mol. The van der Waals surface area contributed by atoms with Crippen molar-refractivity contribution in [1.29, 1.82) is 0 Å². The van der Waals surface area contributed by atoms with Crippen molar-refractivity contribution in [3.8, 4) is 5.75 Å². The van der Waals surface area contributed by atoms with E-state index in [0.717, 1.165) is 11.3 Å². The van der Waals surface area contributed by atoms with Crippen LogP contribution in [-0.2, 0) is 11.3 Å². The molecule has 2 aromatic rings. The van der Waals surface area contributed by atoms with Gasteiger partial charge in [0.2, 0.25) is 5.91 Å². The summed E-state index contributed by atoms with van der Waals surface area (Å²) >= 11 is 0. The molecular formula is C19H25N3O3. The SMILES string of the molecule is Cc1ccc(=O)n(CC(=O)N[C@H](C)c2ccc(OCC(C)C)cc2)n1. The molecule has 6 nitrogen and oxygen atoms in total. The highest BCUT2D eigenvalue weighted by Crippen LogP contribution is 2.18. The lowest BCUT2D eigenvalue weighted by Crippen LogP contribution is -2.34. The summed E-state index contributed by atoms with van der Waals surface area (Å²) < 4.78 is 6.82. The zero-order valence-electron chi connectivity index (χ0n) is 15.2. The average molecular weight is 343 g/mol. The number of aryl methyl sites for hydroxylation is 1. The zero-order chi connectivity index (χ0) is 18.4. The number of nitrogens with zero attached hydrogens (tertiary/aromatic N) is 2. The fourth-order valence-electron chi connectivity index (χ4n) is 2.29. The lowest BCUT2D eigenvalue weighted by molar-refractivity contribution is -0.122. The minimum absolute atomic E-state index is 0.0968. The summed E-state index contributed by atoms with van der Waals surface area (Å²) in [5, 5.41) is 6.95. The first-order valence-electron chi connectivity index (χ1n) is 8.42. The lowest BCUT2D eigenvalue weighted by atomic mass is 10.1. The van der Waals surface area contributed by atoms with Gasteiger partial charge in [0.1, 0.15) is 12.3 Å². The predicted octanol–water partition coefficient (Wildman–Crippen LogP) is 2.46. The average Bonchev–Trinajstić information content (AvgIpc) is 2.56. The van der Waals surface area contributed by atoms with Crippen molar-refractivity contribution in [1.82, 2.24) is 15.1 Å². The Morgan fingerprint density at radius 2 is 1.84 bits per heavy atom. The lowest BCUT2D eigenvalue weighted by Gasteiger charge is -2.16. The zero-order valence-corrected chi connectivity index (χ0v) is 15.2. The molecule has 1 aromatic heterocycles. The first-order valence-corrected chi connectivity index (χ1v) is 8.42. The van der Waals surface area contributed by atoms with Crippen LogP contribution in [0.2, 0.25) is 0 Å². The van der Waals surface area contributed by atoms with Crippen molar-refractivity contribution in [2.45, 2.75) is 40.3 Å². The van der Waals surface area contributed by atoms with E-state index < -0.39 is 0 Å². The topological polar surface area (TPSA) is 73.2 Å². The Bertz CT molecular complexity index is 766. The maximum Gasteiger partial charge on any atom is 0.267 e. The molecule has 0 aliphatic heterocycles. The van der Waals surface area contributed by atoms with Gasteiger partial charge in [-0.1, -0.05) is 26.0 Å². The van der Waals surface area contributed by atoms with Crippen molar-refractivity contribution in [3.05, 3.63) is 58.0 Å². The highest BCUT2D eigenvalue weighted by Gasteiger charge is 2.11. The maximum absolute atomic E-state index is 12.2. The Kier molecular flexibility index (Phi) is 6.33. The van der Waals surface area contributed by atoms with Crippen molar-refractivity contribution in [3.63, 3.8) is 0 Å². The van der Waals surface area contributed by atoms with Crippen LogP contribution in [0.4, 0.5) is 0 Å². The predicted molar refractivity (Wildman–Crippen MR) is 96.6 cm³/mol. The summed E-state index contributed by atoms with van der Waals surface area (Å²) in [4.78, 5) is 23.9. The maximum atomic E-state index is 12.2. The molecule has 134 valence electrons. The third-order valence-corrected chi connectivity index (χ3v) is 3.63. The van der Waals surface area contributed by atoms with E-state index in [9.17, 15) is 9.59 Å². The molecule has 0 spiro atoms. The highest BCUT2D eigenvalue weighted by molar-refractivity contribution is 5.76. The van der Waals surface area contributed by atoms with Crippen LogP contribution in [-0.4, -0.2) is 22.3 Å². The van der Waals surface area contributed by atoms with E-state index >= 15 is 0 Å². The Hall–Kier alpha value is -2.63. The van der Waals surface area contributed by atoms with Crippen LogP contribution in [0.25, 0.3) is 0 Å². The molecule has 0 saturated heterocycles. The molecule has 0 aliphatic rings. The molecule has 1 N–H and O–H groups in total. The van der Waals surface area contributed by atoms with E-state index in [0.29, 0.717) is 18.2 Å². The number of ether oxygens (including phenoxy) is 1. The number of carbonyl (C=O) groups is 1. The number of aromatic nitrogens is 2. The molecule has 1 atom stereocenters. The third kappa shape index (κ3) is 5.74. The molecule has 1 heterocycles. The van der Waals surface area contributed by atoms with Crippen LogP contribution in [0, 0.1) is 12.8 Å². The Labute approximate surface area is 147 Å². The first-order chi connectivity index (χ1) is 11.8. The smallest absolute Gasteiger partial charge is 0.267 e. The molecule has 25 heavy (non-hydrogen) atoms. The summed E-state index contributed by atoms with van der Waals surface area (Å²) in [6.45, 7) is 8.44. The van der Waals surface area contributed by atoms with Gasteiger partial charge in [0, 0.05) is 6.07 Å². The summed E-state index contributed by atoms with van der Waals surface area (Å²) in [5.41, 5.74) is 1.37. The molecule has 0 saturated carbocycles. The Balaban J connectivity index is 1.94. The molecule has 0 aliphatic carbocycles. The van der Waals surface area contributed by atoms with E-state index in [1.54, 1.807) is 13.0 Å². The first kappa shape index (κ1) is 18.7. The van der Waals surface area contributed by atoms with E-state index in [-0.39, 0.29) is 24.1 Å².